The lowest BCUT2D eigenvalue weighted by atomic mass is 9.69. The number of allylic oxidation sites excluding steroid dienone is 2. The van der Waals surface area contributed by atoms with E-state index in [1.54, 1.807) is 13.2 Å². The molecule has 2 heteroatoms. The number of ketones is 1. The first-order valence-corrected chi connectivity index (χ1v) is 7.08. The number of hydrogen-bond acceptors (Lipinski definition) is 2. The summed E-state index contributed by atoms with van der Waals surface area (Å²) < 4.78 is 5.53. The Morgan fingerprint density at radius 1 is 1.35 bits per heavy atom. The predicted octanol–water partition coefficient (Wildman–Crippen LogP) is 4.27. The number of methoxy groups -OCH3 is 1. The second-order valence-corrected chi connectivity index (χ2v) is 5.73. The average molecular weight is 270 g/mol. The molecule has 1 aromatic rings. The molecule has 1 aliphatic carbocycles. The van der Waals surface area contributed by atoms with E-state index in [9.17, 15) is 4.79 Å². The summed E-state index contributed by atoms with van der Waals surface area (Å²) in [5.74, 6) is 1.31. The van der Waals surface area contributed by atoms with E-state index in [-0.39, 0.29) is 11.2 Å². The van der Waals surface area contributed by atoms with Gasteiger partial charge in [0.2, 0.25) is 0 Å². The van der Waals surface area contributed by atoms with Crippen LogP contribution in [0.15, 0.2) is 48.8 Å². The molecule has 0 amide bonds. The third-order valence-corrected chi connectivity index (χ3v) is 4.06. The molecule has 20 heavy (non-hydrogen) atoms. The molecule has 0 aromatic heterocycles. The molecule has 1 atom stereocenters. The molecule has 0 spiro atoms. The standard InChI is InChI=1S/C18H22O2/c1-5-18(11-10-13(2)3)15-9-7-6-8-14(15)16(19)12-17(18)20-4/h5-9,12-13H,1,10-11H2,2-4H3. The first kappa shape index (κ1) is 14.6. The van der Waals surface area contributed by atoms with Crippen molar-refractivity contribution in [3.63, 3.8) is 0 Å². The van der Waals surface area contributed by atoms with Crippen molar-refractivity contribution in [1.29, 1.82) is 0 Å². The van der Waals surface area contributed by atoms with Crippen LogP contribution in [0.5, 0.6) is 0 Å². The number of carbonyl (C=O) groups is 1. The van der Waals surface area contributed by atoms with Gasteiger partial charge in [0, 0.05) is 11.6 Å². The Hall–Kier alpha value is -1.83. The van der Waals surface area contributed by atoms with Crippen LogP contribution < -0.4 is 0 Å². The molecule has 0 radical (unpaired) electrons. The maximum atomic E-state index is 12.2. The smallest absolute Gasteiger partial charge is 0.189 e. The molecular weight excluding hydrogens is 248 g/mol. The Bertz CT molecular complexity index is 554. The highest BCUT2D eigenvalue weighted by molar-refractivity contribution is 6.08. The highest BCUT2D eigenvalue weighted by atomic mass is 16.5. The van der Waals surface area contributed by atoms with Crippen LogP contribution in [0.25, 0.3) is 0 Å². The zero-order chi connectivity index (χ0) is 14.8. The highest BCUT2D eigenvalue weighted by Crippen LogP contribution is 2.43. The number of hydrogen-bond donors (Lipinski definition) is 0. The van der Waals surface area contributed by atoms with Gasteiger partial charge >= 0.3 is 0 Å². The minimum Gasteiger partial charge on any atom is -0.500 e. The second kappa shape index (κ2) is 5.66. The van der Waals surface area contributed by atoms with E-state index in [1.165, 1.54) is 0 Å². The van der Waals surface area contributed by atoms with E-state index in [0.717, 1.165) is 24.0 Å². The van der Waals surface area contributed by atoms with Gasteiger partial charge in [-0.2, -0.15) is 0 Å². The van der Waals surface area contributed by atoms with Crippen LogP contribution in [0, 0.1) is 5.92 Å². The molecule has 0 heterocycles. The van der Waals surface area contributed by atoms with Crippen LogP contribution in [0.2, 0.25) is 0 Å². The van der Waals surface area contributed by atoms with E-state index < -0.39 is 0 Å². The molecular formula is C18H22O2. The van der Waals surface area contributed by atoms with Gasteiger partial charge in [0.15, 0.2) is 5.78 Å². The maximum absolute atomic E-state index is 12.2. The summed E-state index contributed by atoms with van der Waals surface area (Å²) in [6.07, 6.45) is 5.49. The molecule has 1 aliphatic rings. The van der Waals surface area contributed by atoms with E-state index in [0.29, 0.717) is 11.7 Å². The van der Waals surface area contributed by atoms with Crippen LogP contribution in [0.4, 0.5) is 0 Å². The fourth-order valence-electron chi connectivity index (χ4n) is 2.87. The van der Waals surface area contributed by atoms with Gasteiger partial charge in [-0.1, -0.05) is 44.2 Å². The number of ether oxygens (including phenoxy) is 1. The molecule has 1 unspecified atom stereocenters. The molecule has 0 fully saturated rings. The van der Waals surface area contributed by atoms with Gasteiger partial charge in [0.25, 0.3) is 0 Å². The third-order valence-electron chi connectivity index (χ3n) is 4.06. The van der Waals surface area contributed by atoms with E-state index in [4.69, 9.17) is 4.74 Å². The lowest BCUT2D eigenvalue weighted by Gasteiger charge is -2.37. The average Bonchev–Trinajstić information content (AvgIpc) is 2.46. The number of carbonyl (C=O) groups excluding carboxylic acids is 1. The largest absolute Gasteiger partial charge is 0.500 e. The quantitative estimate of drug-likeness (QED) is 0.747. The normalized spacial score (nSPS) is 21.4. The molecule has 2 nitrogen and oxygen atoms in total. The van der Waals surface area contributed by atoms with Crippen LogP contribution in [-0.2, 0) is 10.2 Å². The van der Waals surface area contributed by atoms with E-state index >= 15 is 0 Å². The molecule has 0 bridgehead atoms. The van der Waals surface area contributed by atoms with Crippen molar-refractivity contribution >= 4 is 5.78 Å². The minimum absolute atomic E-state index is 0.0134. The molecule has 0 aliphatic heterocycles. The van der Waals surface area contributed by atoms with Gasteiger partial charge in [-0.05, 0) is 24.3 Å². The Morgan fingerprint density at radius 2 is 2.05 bits per heavy atom. The summed E-state index contributed by atoms with van der Waals surface area (Å²) in [7, 11) is 1.63. The lowest BCUT2D eigenvalue weighted by molar-refractivity contribution is 0.102. The summed E-state index contributed by atoms with van der Waals surface area (Å²) in [6.45, 7) is 8.43. The number of benzene rings is 1. The number of rotatable bonds is 5. The minimum atomic E-state index is -0.385. The first-order chi connectivity index (χ1) is 9.55. The summed E-state index contributed by atoms with van der Waals surface area (Å²) in [4.78, 5) is 12.2. The van der Waals surface area contributed by atoms with Gasteiger partial charge < -0.3 is 4.74 Å². The zero-order valence-electron chi connectivity index (χ0n) is 12.5. The second-order valence-electron chi connectivity index (χ2n) is 5.73. The van der Waals surface area contributed by atoms with Gasteiger partial charge in [0.1, 0.15) is 5.76 Å². The SMILES string of the molecule is C=CC1(CCC(C)C)C(OC)=CC(=O)c2ccccc21. The Labute approximate surface area is 121 Å². The number of fused-ring (bicyclic) bond motifs is 1. The van der Waals surface area contributed by atoms with Crippen molar-refractivity contribution in [3.8, 4) is 0 Å². The van der Waals surface area contributed by atoms with Crippen molar-refractivity contribution < 1.29 is 9.53 Å². The Morgan fingerprint density at radius 3 is 2.65 bits per heavy atom. The molecule has 0 saturated heterocycles. The topological polar surface area (TPSA) is 26.3 Å². The molecule has 1 aromatic carbocycles. The lowest BCUT2D eigenvalue weighted by Crippen LogP contribution is -2.33. The maximum Gasteiger partial charge on any atom is 0.189 e. The fourth-order valence-corrected chi connectivity index (χ4v) is 2.87. The van der Waals surface area contributed by atoms with Gasteiger partial charge in [0.05, 0.1) is 12.5 Å². The fraction of sp³-hybridized carbons (Fsp3) is 0.389. The molecule has 2 rings (SSSR count). The van der Waals surface area contributed by atoms with E-state index in [2.05, 4.69) is 20.4 Å². The van der Waals surface area contributed by atoms with Crippen molar-refractivity contribution in [2.24, 2.45) is 5.92 Å². The summed E-state index contributed by atoms with van der Waals surface area (Å²) in [6, 6.07) is 7.77. The molecule has 0 N–H and O–H groups in total. The van der Waals surface area contributed by atoms with Crippen LogP contribution in [0.3, 0.4) is 0 Å². The summed E-state index contributed by atoms with van der Waals surface area (Å²) in [5.41, 5.74) is 1.39. The van der Waals surface area contributed by atoms with Gasteiger partial charge in [-0.25, -0.2) is 0 Å². The third kappa shape index (κ3) is 2.31. The van der Waals surface area contributed by atoms with Crippen molar-refractivity contribution in [1.82, 2.24) is 0 Å². The van der Waals surface area contributed by atoms with Crippen LogP contribution >= 0.6 is 0 Å². The van der Waals surface area contributed by atoms with Gasteiger partial charge in [-0.3, -0.25) is 4.79 Å². The molecule has 106 valence electrons. The van der Waals surface area contributed by atoms with Crippen molar-refractivity contribution in [2.45, 2.75) is 32.1 Å². The van der Waals surface area contributed by atoms with E-state index in [1.807, 2.05) is 30.3 Å². The molecule has 0 saturated carbocycles. The highest BCUT2D eigenvalue weighted by Gasteiger charge is 2.40. The van der Waals surface area contributed by atoms with Crippen LogP contribution in [0.1, 0.15) is 42.6 Å². The predicted molar refractivity (Wildman–Crippen MR) is 81.8 cm³/mol. The summed E-state index contributed by atoms with van der Waals surface area (Å²) >= 11 is 0. The van der Waals surface area contributed by atoms with Crippen molar-refractivity contribution in [3.05, 3.63) is 59.9 Å². The van der Waals surface area contributed by atoms with Crippen molar-refractivity contribution in [2.75, 3.05) is 7.11 Å². The monoisotopic (exact) mass is 270 g/mol. The summed E-state index contributed by atoms with van der Waals surface area (Å²) in [5, 5.41) is 0. The Balaban J connectivity index is 2.58. The zero-order valence-corrected chi connectivity index (χ0v) is 12.5. The van der Waals surface area contributed by atoms with Crippen LogP contribution in [-0.4, -0.2) is 12.9 Å². The Kier molecular flexibility index (Phi) is 4.12. The van der Waals surface area contributed by atoms with Gasteiger partial charge in [-0.15, -0.1) is 6.58 Å². The first-order valence-electron chi connectivity index (χ1n) is 7.08.